The smallest absolute Gasteiger partial charge is 0.332 e. The Kier molecular flexibility index (Phi) is 5.20. The fourth-order valence-corrected chi connectivity index (χ4v) is 5.57. The predicted octanol–water partition coefficient (Wildman–Crippen LogP) is 4.52. The van der Waals surface area contributed by atoms with Crippen LogP contribution in [0, 0.1) is 0 Å². The fraction of sp³-hybridized carbons (Fsp3) is 0.200. The second-order valence-electron chi connectivity index (χ2n) is 8.37. The Labute approximate surface area is 200 Å². The van der Waals surface area contributed by atoms with Crippen LogP contribution in [0.5, 0.6) is 0 Å². The van der Waals surface area contributed by atoms with Gasteiger partial charge in [0, 0.05) is 25.0 Å². The van der Waals surface area contributed by atoms with Gasteiger partial charge in [0.2, 0.25) is 0 Å². The first-order chi connectivity index (χ1) is 16.7. The molecule has 170 valence electrons. The molecule has 5 heterocycles. The van der Waals surface area contributed by atoms with E-state index in [4.69, 9.17) is 0 Å². The van der Waals surface area contributed by atoms with E-state index in [1.54, 1.807) is 23.4 Å². The van der Waals surface area contributed by atoms with E-state index >= 15 is 0 Å². The molecule has 1 saturated heterocycles. The standard InChI is InChI=1S/C25H22N6O2S/c32-23(29-17-7-4-10-26-14-17)22-21-20-18(9-12-28-24(20)34-22)31(25(33)30-21)19-13-16(8-11-27-19)15-5-2-1-3-6-15/h1-3,5-6,8-9,11-13,17,26H,4,7,10,14H2,(H,29,32)(H,30,33). The number of amides is 3. The molecule has 34 heavy (non-hydrogen) atoms. The average molecular weight is 471 g/mol. The summed E-state index contributed by atoms with van der Waals surface area (Å²) in [5.41, 5.74) is 3.18. The highest BCUT2D eigenvalue weighted by Crippen LogP contribution is 2.45. The monoisotopic (exact) mass is 470 g/mol. The van der Waals surface area contributed by atoms with Crippen molar-refractivity contribution in [3.63, 3.8) is 0 Å². The summed E-state index contributed by atoms with van der Waals surface area (Å²) < 4.78 is 0. The number of benzene rings is 1. The van der Waals surface area contributed by atoms with Gasteiger partial charge in [0.05, 0.1) is 16.8 Å². The summed E-state index contributed by atoms with van der Waals surface area (Å²) in [7, 11) is 0. The molecule has 4 aromatic rings. The van der Waals surface area contributed by atoms with Crippen molar-refractivity contribution in [3.05, 3.63) is 65.8 Å². The molecule has 1 unspecified atom stereocenters. The highest BCUT2D eigenvalue weighted by molar-refractivity contribution is 7.21. The van der Waals surface area contributed by atoms with Crippen molar-refractivity contribution in [3.8, 4) is 11.1 Å². The summed E-state index contributed by atoms with van der Waals surface area (Å²) in [6, 6.07) is 15.3. The van der Waals surface area contributed by atoms with E-state index < -0.39 is 0 Å². The number of carbonyl (C=O) groups excluding carboxylic acids is 2. The van der Waals surface area contributed by atoms with Gasteiger partial charge in [-0.15, -0.1) is 11.3 Å². The van der Waals surface area contributed by atoms with Gasteiger partial charge >= 0.3 is 6.03 Å². The molecule has 0 spiro atoms. The number of anilines is 3. The van der Waals surface area contributed by atoms with Crippen LogP contribution in [0.2, 0.25) is 0 Å². The number of piperidine rings is 1. The number of hydrogen-bond donors (Lipinski definition) is 3. The predicted molar refractivity (Wildman–Crippen MR) is 134 cm³/mol. The number of thiophene rings is 1. The zero-order valence-corrected chi connectivity index (χ0v) is 19.1. The van der Waals surface area contributed by atoms with Gasteiger partial charge in [0.15, 0.2) is 0 Å². The van der Waals surface area contributed by atoms with E-state index in [2.05, 4.69) is 25.9 Å². The van der Waals surface area contributed by atoms with Gasteiger partial charge in [-0.05, 0) is 48.7 Å². The fourth-order valence-electron chi connectivity index (χ4n) is 4.55. The lowest BCUT2D eigenvalue weighted by Crippen LogP contribution is -2.45. The van der Waals surface area contributed by atoms with Gasteiger partial charge in [-0.2, -0.15) is 0 Å². The maximum Gasteiger partial charge on any atom is 0.332 e. The molecule has 1 atom stereocenters. The van der Waals surface area contributed by atoms with E-state index in [0.717, 1.165) is 42.4 Å². The van der Waals surface area contributed by atoms with Crippen molar-refractivity contribution in [1.29, 1.82) is 0 Å². The molecule has 2 aliphatic rings. The van der Waals surface area contributed by atoms with Crippen molar-refractivity contribution < 1.29 is 9.59 Å². The van der Waals surface area contributed by atoms with E-state index in [0.29, 0.717) is 26.9 Å². The van der Waals surface area contributed by atoms with Gasteiger partial charge in [-0.25, -0.2) is 19.7 Å². The number of hydrogen-bond acceptors (Lipinski definition) is 6. The third kappa shape index (κ3) is 3.59. The molecule has 9 heteroatoms. The summed E-state index contributed by atoms with van der Waals surface area (Å²) in [5, 5.41) is 10.1. The van der Waals surface area contributed by atoms with Gasteiger partial charge in [-0.1, -0.05) is 30.3 Å². The molecule has 3 amide bonds. The zero-order chi connectivity index (χ0) is 23.1. The molecule has 2 aliphatic heterocycles. The highest BCUT2D eigenvalue weighted by atomic mass is 32.1. The number of carbonyl (C=O) groups is 2. The van der Waals surface area contributed by atoms with Crippen LogP contribution in [0.4, 0.5) is 22.0 Å². The lowest BCUT2D eigenvalue weighted by atomic mass is 10.1. The summed E-state index contributed by atoms with van der Waals surface area (Å²) in [6.07, 6.45) is 5.32. The Morgan fingerprint density at radius 2 is 1.94 bits per heavy atom. The number of urea groups is 1. The van der Waals surface area contributed by atoms with Crippen LogP contribution in [0.15, 0.2) is 60.9 Å². The molecule has 0 radical (unpaired) electrons. The second kappa shape index (κ2) is 8.51. The molecule has 1 fully saturated rings. The highest BCUT2D eigenvalue weighted by Gasteiger charge is 2.33. The Hall–Kier alpha value is -3.82. The van der Waals surface area contributed by atoms with Crippen LogP contribution in [-0.4, -0.2) is 41.0 Å². The van der Waals surface area contributed by atoms with Gasteiger partial charge < -0.3 is 16.0 Å². The number of aromatic nitrogens is 2. The molecule has 0 aliphatic carbocycles. The summed E-state index contributed by atoms with van der Waals surface area (Å²) in [5.74, 6) is 0.318. The summed E-state index contributed by atoms with van der Waals surface area (Å²) >= 11 is 1.29. The first-order valence-electron chi connectivity index (χ1n) is 11.2. The molecule has 0 saturated carbocycles. The van der Waals surface area contributed by atoms with Gasteiger partial charge in [-0.3, -0.25) is 4.79 Å². The topological polar surface area (TPSA) is 99.2 Å². The zero-order valence-electron chi connectivity index (χ0n) is 18.2. The molecular formula is C25H22N6O2S. The van der Waals surface area contributed by atoms with E-state index in [-0.39, 0.29) is 18.0 Å². The maximum absolute atomic E-state index is 13.3. The number of pyridine rings is 2. The van der Waals surface area contributed by atoms with Crippen molar-refractivity contribution >= 4 is 50.7 Å². The number of rotatable bonds is 4. The third-order valence-electron chi connectivity index (χ3n) is 6.17. The minimum absolute atomic E-state index is 0.0757. The van der Waals surface area contributed by atoms with Crippen molar-refractivity contribution in [2.45, 2.75) is 18.9 Å². The largest absolute Gasteiger partial charge is 0.347 e. The first kappa shape index (κ1) is 20.8. The molecule has 0 bridgehead atoms. The Morgan fingerprint density at radius 3 is 2.76 bits per heavy atom. The van der Waals surface area contributed by atoms with Crippen LogP contribution in [0.3, 0.4) is 0 Å². The van der Waals surface area contributed by atoms with Gasteiger partial charge in [0.25, 0.3) is 5.91 Å². The number of nitrogens with zero attached hydrogens (tertiary/aromatic N) is 3. The Bertz CT molecular complexity index is 1400. The first-order valence-corrected chi connectivity index (χ1v) is 12.1. The molecule has 8 nitrogen and oxygen atoms in total. The van der Waals surface area contributed by atoms with Crippen molar-refractivity contribution in [1.82, 2.24) is 20.6 Å². The normalized spacial score (nSPS) is 17.5. The Balaban J connectivity index is 1.40. The van der Waals surface area contributed by atoms with E-state index in [9.17, 15) is 9.59 Å². The number of nitrogens with one attached hydrogen (secondary N) is 3. The van der Waals surface area contributed by atoms with Crippen molar-refractivity contribution in [2.24, 2.45) is 0 Å². The van der Waals surface area contributed by atoms with Crippen LogP contribution in [0.25, 0.3) is 21.3 Å². The maximum atomic E-state index is 13.3. The minimum Gasteiger partial charge on any atom is -0.347 e. The Morgan fingerprint density at radius 1 is 1.09 bits per heavy atom. The van der Waals surface area contributed by atoms with Crippen molar-refractivity contribution in [2.75, 3.05) is 23.3 Å². The molecule has 3 N–H and O–H groups in total. The van der Waals surface area contributed by atoms with Crippen LogP contribution in [0.1, 0.15) is 22.5 Å². The van der Waals surface area contributed by atoms with Crippen LogP contribution in [-0.2, 0) is 0 Å². The average Bonchev–Trinajstić information content (AvgIpc) is 3.25. The molecule has 6 rings (SSSR count). The second-order valence-corrected chi connectivity index (χ2v) is 9.37. The summed E-state index contributed by atoms with van der Waals surface area (Å²) in [4.78, 5) is 38.1. The van der Waals surface area contributed by atoms with Gasteiger partial charge in [0.1, 0.15) is 15.5 Å². The van der Waals surface area contributed by atoms with Crippen LogP contribution >= 0.6 is 11.3 Å². The molecule has 3 aromatic heterocycles. The molecule has 1 aromatic carbocycles. The summed E-state index contributed by atoms with van der Waals surface area (Å²) in [6.45, 7) is 1.72. The van der Waals surface area contributed by atoms with E-state index in [1.165, 1.54) is 11.3 Å². The third-order valence-corrected chi connectivity index (χ3v) is 7.26. The van der Waals surface area contributed by atoms with Crippen LogP contribution < -0.4 is 20.9 Å². The lowest BCUT2D eigenvalue weighted by molar-refractivity contribution is 0.0935. The lowest BCUT2D eigenvalue weighted by Gasteiger charge is -2.28. The SMILES string of the molecule is O=C(NC1CCCNC1)c1sc2nccc3c2c1NC(=O)N3c1cc(-c2ccccc2)ccn1. The quantitative estimate of drug-likeness (QED) is 0.407. The van der Waals surface area contributed by atoms with E-state index in [1.807, 2.05) is 42.5 Å². The molecular weight excluding hydrogens is 448 g/mol. The minimum atomic E-state index is -0.357.